The highest BCUT2D eigenvalue weighted by atomic mass is 16.5. The second kappa shape index (κ2) is 5.87. The van der Waals surface area contributed by atoms with Crippen LogP contribution >= 0.6 is 0 Å². The third kappa shape index (κ3) is 2.61. The van der Waals surface area contributed by atoms with Crippen molar-refractivity contribution in [3.63, 3.8) is 0 Å². The van der Waals surface area contributed by atoms with Crippen molar-refractivity contribution < 1.29 is 19.2 Å². The van der Waals surface area contributed by atoms with Crippen LogP contribution in [-0.2, 0) is 4.74 Å². The highest BCUT2D eigenvalue weighted by molar-refractivity contribution is 6.07. The van der Waals surface area contributed by atoms with Crippen molar-refractivity contribution >= 4 is 17.0 Å². The number of aromatic nitrogens is 2. The highest BCUT2D eigenvalue weighted by Gasteiger charge is 2.63. The summed E-state index contributed by atoms with van der Waals surface area (Å²) in [6.07, 6.45) is 3.39. The van der Waals surface area contributed by atoms with Crippen LogP contribution in [0.3, 0.4) is 0 Å². The van der Waals surface area contributed by atoms with E-state index in [9.17, 15) is 9.90 Å². The second-order valence-corrected chi connectivity index (χ2v) is 8.66. The maximum Gasteiger partial charge on any atom is 0.259 e. The minimum atomic E-state index is -0.480. The van der Waals surface area contributed by atoms with Crippen LogP contribution in [0.25, 0.3) is 22.4 Å². The first-order chi connectivity index (χ1) is 14.1. The van der Waals surface area contributed by atoms with Gasteiger partial charge in [-0.2, -0.15) is 0 Å². The standard InChI is InChI=1S/C22H21N3O4/c26-11-22-9-21(10-22,12-28-22)24-19(27)15-8-16(13-4-2-1-3-5-13)23-20-17(15)18(25-29-20)14-6-7-14/h1-5,8,14,26H,6-7,9-12H2,(H,24,27). The molecule has 148 valence electrons. The number of aliphatic hydroxyl groups excluding tert-OH is 1. The number of ether oxygens (including phenoxy) is 1. The third-order valence-corrected chi connectivity index (χ3v) is 6.39. The highest BCUT2D eigenvalue weighted by Crippen LogP contribution is 2.51. The molecule has 2 aliphatic heterocycles. The van der Waals surface area contributed by atoms with Crippen LogP contribution in [0.2, 0.25) is 0 Å². The molecule has 4 heterocycles. The summed E-state index contributed by atoms with van der Waals surface area (Å²) in [6, 6.07) is 11.6. The van der Waals surface area contributed by atoms with Gasteiger partial charge in [0.25, 0.3) is 11.6 Å². The molecule has 0 atom stereocenters. The Morgan fingerprint density at radius 2 is 2.03 bits per heavy atom. The maximum atomic E-state index is 13.4. The van der Waals surface area contributed by atoms with E-state index in [1.165, 1.54) is 0 Å². The minimum absolute atomic E-state index is 0.0141. The van der Waals surface area contributed by atoms with E-state index in [4.69, 9.17) is 9.26 Å². The molecule has 2 saturated carbocycles. The quantitative estimate of drug-likeness (QED) is 0.694. The van der Waals surface area contributed by atoms with Gasteiger partial charge in [0.2, 0.25) is 0 Å². The van der Waals surface area contributed by atoms with E-state index >= 15 is 0 Å². The molecule has 7 nitrogen and oxygen atoms in total. The normalized spacial score (nSPS) is 27.8. The first-order valence-electron chi connectivity index (χ1n) is 10.0. The Kier molecular flexibility index (Phi) is 3.47. The zero-order chi connectivity index (χ0) is 19.6. The molecule has 29 heavy (non-hydrogen) atoms. The van der Waals surface area contributed by atoms with Crippen LogP contribution in [-0.4, -0.2) is 45.5 Å². The maximum absolute atomic E-state index is 13.4. The van der Waals surface area contributed by atoms with Crippen LogP contribution in [0.4, 0.5) is 0 Å². The molecule has 1 amide bonds. The number of carbonyl (C=O) groups is 1. The average Bonchev–Trinajstić information content (AvgIpc) is 3.24. The molecule has 3 aromatic rings. The van der Waals surface area contributed by atoms with Gasteiger partial charge >= 0.3 is 0 Å². The third-order valence-electron chi connectivity index (χ3n) is 6.39. The van der Waals surface area contributed by atoms with Gasteiger partial charge in [-0.3, -0.25) is 4.79 Å². The number of benzene rings is 1. The fourth-order valence-corrected chi connectivity index (χ4v) is 4.81. The lowest BCUT2D eigenvalue weighted by Crippen LogP contribution is -2.60. The van der Waals surface area contributed by atoms with Crippen LogP contribution in [0.5, 0.6) is 0 Å². The molecule has 4 fully saturated rings. The molecule has 2 saturated heterocycles. The van der Waals surface area contributed by atoms with Crippen LogP contribution in [0.1, 0.15) is 47.7 Å². The van der Waals surface area contributed by atoms with E-state index in [2.05, 4.69) is 15.5 Å². The zero-order valence-corrected chi connectivity index (χ0v) is 15.9. The smallest absolute Gasteiger partial charge is 0.259 e. The fraction of sp³-hybridized carbons (Fsp3) is 0.409. The predicted octanol–water partition coefficient (Wildman–Crippen LogP) is 2.79. The summed E-state index contributed by atoms with van der Waals surface area (Å²) in [7, 11) is 0. The van der Waals surface area contributed by atoms with Crippen molar-refractivity contribution in [3.05, 3.63) is 47.7 Å². The lowest BCUT2D eigenvalue weighted by atomic mass is 9.68. The summed E-state index contributed by atoms with van der Waals surface area (Å²) in [4.78, 5) is 18.0. The van der Waals surface area contributed by atoms with Gasteiger partial charge in [0.05, 0.1) is 46.7 Å². The van der Waals surface area contributed by atoms with Crippen molar-refractivity contribution in [1.29, 1.82) is 0 Å². The molecule has 4 aliphatic rings. The molecule has 2 aliphatic carbocycles. The molecule has 0 unspecified atom stereocenters. The SMILES string of the molecule is O=C(NC12COC(CO)(C1)C2)c1cc(-c2ccccc2)nc2onc(C3CC3)c12. The molecule has 2 aromatic heterocycles. The topological polar surface area (TPSA) is 97.5 Å². The van der Waals surface area contributed by atoms with Gasteiger partial charge in [-0.15, -0.1) is 0 Å². The summed E-state index contributed by atoms with van der Waals surface area (Å²) >= 11 is 0. The van der Waals surface area contributed by atoms with Crippen molar-refractivity contribution in [2.24, 2.45) is 0 Å². The number of carbonyl (C=O) groups excluding carboxylic acids is 1. The molecule has 2 bridgehead atoms. The summed E-state index contributed by atoms with van der Waals surface area (Å²) in [5, 5.41) is 17.7. The Labute approximate surface area is 167 Å². The van der Waals surface area contributed by atoms with Gasteiger partial charge < -0.3 is 19.7 Å². The van der Waals surface area contributed by atoms with Crippen LogP contribution in [0, 0.1) is 0 Å². The van der Waals surface area contributed by atoms with Crippen molar-refractivity contribution in [2.45, 2.75) is 42.7 Å². The molecule has 0 radical (unpaired) electrons. The molecule has 1 aromatic carbocycles. The van der Waals surface area contributed by atoms with Crippen molar-refractivity contribution in [2.75, 3.05) is 13.2 Å². The zero-order valence-electron chi connectivity index (χ0n) is 15.9. The van der Waals surface area contributed by atoms with E-state index in [1.54, 1.807) is 0 Å². The molecular weight excluding hydrogens is 370 g/mol. The fourth-order valence-electron chi connectivity index (χ4n) is 4.81. The Morgan fingerprint density at radius 1 is 1.24 bits per heavy atom. The lowest BCUT2D eigenvalue weighted by Gasteiger charge is -2.43. The monoisotopic (exact) mass is 391 g/mol. The van der Waals surface area contributed by atoms with Gasteiger partial charge in [-0.25, -0.2) is 4.98 Å². The summed E-state index contributed by atoms with van der Waals surface area (Å²) in [6.45, 7) is 0.415. The number of rotatable bonds is 5. The molecule has 7 heteroatoms. The van der Waals surface area contributed by atoms with E-state index in [0.717, 1.165) is 24.1 Å². The molecule has 7 rings (SSSR count). The number of nitrogens with one attached hydrogen (secondary N) is 1. The number of amides is 1. The van der Waals surface area contributed by atoms with Crippen molar-refractivity contribution in [1.82, 2.24) is 15.5 Å². The van der Waals surface area contributed by atoms with Crippen molar-refractivity contribution in [3.8, 4) is 11.3 Å². The Balaban J connectivity index is 1.42. The van der Waals surface area contributed by atoms with Gasteiger partial charge in [0, 0.05) is 24.3 Å². The number of hydrogen-bond acceptors (Lipinski definition) is 6. The molecule has 0 spiro atoms. The van der Waals surface area contributed by atoms with E-state index in [1.807, 2.05) is 36.4 Å². The van der Waals surface area contributed by atoms with Crippen LogP contribution in [0.15, 0.2) is 40.9 Å². The first-order valence-corrected chi connectivity index (χ1v) is 10.0. The summed E-state index contributed by atoms with van der Waals surface area (Å²) in [5.74, 6) is 0.169. The van der Waals surface area contributed by atoms with Crippen LogP contribution < -0.4 is 5.32 Å². The Hall–Kier alpha value is -2.77. The number of pyridine rings is 1. The average molecular weight is 391 g/mol. The number of aliphatic hydroxyl groups is 1. The predicted molar refractivity (Wildman–Crippen MR) is 104 cm³/mol. The number of hydrogen-bond donors (Lipinski definition) is 2. The van der Waals surface area contributed by atoms with Gasteiger partial charge in [0.1, 0.15) is 0 Å². The van der Waals surface area contributed by atoms with Gasteiger partial charge in [-0.1, -0.05) is 35.5 Å². The lowest BCUT2D eigenvalue weighted by molar-refractivity contribution is -0.0494. The van der Waals surface area contributed by atoms with E-state index in [0.29, 0.717) is 47.7 Å². The first kappa shape index (κ1) is 17.1. The van der Waals surface area contributed by atoms with Gasteiger partial charge in [-0.05, 0) is 18.9 Å². The van der Waals surface area contributed by atoms with E-state index in [-0.39, 0.29) is 12.5 Å². The Bertz CT molecular complexity index is 1110. The number of nitrogens with zero attached hydrogens (tertiary/aromatic N) is 2. The second-order valence-electron chi connectivity index (χ2n) is 8.66. The molecular formula is C22H21N3O4. The van der Waals surface area contributed by atoms with E-state index < -0.39 is 11.1 Å². The summed E-state index contributed by atoms with van der Waals surface area (Å²) in [5.41, 5.74) is 2.48. The number of fused-ring (bicyclic) bond motifs is 2. The molecule has 2 N–H and O–H groups in total. The van der Waals surface area contributed by atoms with Gasteiger partial charge in [0.15, 0.2) is 0 Å². The Morgan fingerprint density at radius 3 is 2.72 bits per heavy atom. The largest absolute Gasteiger partial charge is 0.393 e. The summed E-state index contributed by atoms with van der Waals surface area (Å²) < 4.78 is 11.3. The minimum Gasteiger partial charge on any atom is -0.393 e.